The molecule has 0 saturated heterocycles. The summed E-state index contributed by atoms with van der Waals surface area (Å²) in [4.78, 5) is 25.7. The molecule has 2 aromatic carbocycles. The Labute approximate surface area is 189 Å². The second kappa shape index (κ2) is 13.1. The Bertz CT molecular complexity index is 823. The van der Waals surface area contributed by atoms with Crippen LogP contribution in [0.15, 0.2) is 59.5 Å². The molecule has 1 fully saturated rings. The molecular weight excluding hydrogens is 408 g/mol. The number of carbonyl (C=O) groups excluding carboxylic acids is 2. The van der Waals surface area contributed by atoms with Crippen molar-refractivity contribution in [3.05, 3.63) is 60.2 Å². The third-order valence-corrected chi connectivity index (χ3v) is 6.50. The molecule has 0 spiro atoms. The molecule has 0 unspecified atom stereocenters. The van der Waals surface area contributed by atoms with Gasteiger partial charge in [0, 0.05) is 18.0 Å². The number of ether oxygens (including phenoxy) is 1. The second-order valence-corrected chi connectivity index (χ2v) is 8.88. The number of hydrogen-bond donors (Lipinski definition) is 2. The summed E-state index contributed by atoms with van der Waals surface area (Å²) in [6, 6.07) is 17.1. The molecule has 2 aromatic rings. The molecule has 2 amide bonds. The van der Waals surface area contributed by atoms with Gasteiger partial charge in [0.25, 0.3) is 5.91 Å². The Morgan fingerprint density at radius 3 is 2.48 bits per heavy atom. The highest BCUT2D eigenvalue weighted by atomic mass is 32.2. The summed E-state index contributed by atoms with van der Waals surface area (Å²) >= 11 is 1.41. The van der Waals surface area contributed by atoms with E-state index in [1.807, 2.05) is 48.5 Å². The van der Waals surface area contributed by atoms with Crippen molar-refractivity contribution in [3.63, 3.8) is 0 Å². The van der Waals surface area contributed by atoms with E-state index in [0.717, 1.165) is 23.6 Å². The highest BCUT2D eigenvalue weighted by molar-refractivity contribution is 8.00. The predicted molar refractivity (Wildman–Crippen MR) is 126 cm³/mol. The third kappa shape index (κ3) is 8.29. The Balaban J connectivity index is 1.38. The van der Waals surface area contributed by atoms with E-state index in [0.29, 0.717) is 30.4 Å². The SMILES string of the molecule is O=C(CSc1ccccc1C(=O)NCCCOc1ccccc1)NCC1CCCCC1. The number of nitrogens with one attached hydrogen (secondary N) is 2. The van der Waals surface area contributed by atoms with Crippen molar-refractivity contribution in [2.45, 2.75) is 43.4 Å². The van der Waals surface area contributed by atoms with Gasteiger partial charge in [0.1, 0.15) is 5.75 Å². The van der Waals surface area contributed by atoms with Gasteiger partial charge in [-0.3, -0.25) is 9.59 Å². The van der Waals surface area contributed by atoms with Gasteiger partial charge in [-0.2, -0.15) is 0 Å². The standard InChI is InChI=1S/C25H32N2O3S/c28-24(27-18-20-10-3-1-4-11-20)19-31-23-15-8-7-14-22(23)25(29)26-16-9-17-30-21-12-5-2-6-13-21/h2,5-8,12-15,20H,1,3-4,9-11,16-19H2,(H,26,29)(H,27,28). The molecule has 0 aromatic heterocycles. The lowest BCUT2D eigenvalue weighted by molar-refractivity contribution is -0.118. The van der Waals surface area contributed by atoms with Crippen LogP contribution in [0.5, 0.6) is 5.75 Å². The number of thioether (sulfide) groups is 1. The molecule has 166 valence electrons. The summed E-state index contributed by atoms with van der Waals surface area (Å²) in [6.45, 7) is 1.85. The minimum absolute atomic E-state index is 0.0313. The van der Waals surface area contributed by atoms with Gasteiger partial charge in [-0.25, -0.2) is 0 Å². The van der Waals surface area contributed by atoms with Gasteiger partial charge >= 0.3 is 0 Å². The van der Waals surface area contributed by atoms with Crippen LogP contribution in [0, 0.1) is 5.92 Å². The molecule has 3 rings (SSSR count). The first-order chi connectivity index (χ1) is 15.2. The van der Waals surface area contributed by atoms with Crippen molar-refractivity contribution in [1.29, 1.82) is 0 Å². The Morgan fingerprint density at radius 2 is 1.68 bits per heavy atom. The highest BCUT2D eigenvalue weighted by Crippen LogP contribution is 2.24. The van der Waals surface area contributed by atoms with Gasteiger partial charge in [-0.05, 0) is 49.4 Å². The summed E-state index contributed by atoms with van der Waals surface area (Å²) in [5, 5.41) is 6.01. The lowest BCUT2D eigenvalue weighted by atomic mass is 9.89. The maximum Gasteiger partial charge on any atom is 0.252 e. The van der Waals surface area contributed by atoms with E-state index in [1.165, 1.54) is 43.9 Å². The zero-order valence-corrected chi connectivity index (χ0v) is 18.8. The molecule has 6 heteroatoms. The highest BCUT2D eigenvalue weighted by Gasteiger charge is 2.15. The van der Waals surface area contributed by atoms with Crippen LogP contribution in [0.4, 0.5) is 0 Å². The topological polar surface area (TPSA) is 67.4 Å². The van der Waals surface area contributed by atoms with Crippen LogP contribution in [0.3, 0.4) is 0 Å². The van der Waals surface area contributed by atoms with Crippen LogP contribution in [0.2, 0.25) is 0 Å². The zero-order chi connectivity index (χ0) is 21.7. The average molecular weight is 441 g/mol. The molecule has 0 aliphatic heterocycles. The first-order valence-electron chi connectivity index (χ1n) is 11.2. The average Bonchev–Trinajstić information content (AvgIpc) is 2.82. The van der Waals surface area contributed by atoms with E-state index >= 15 is 0 Å². The van der Waals surface area contributed by atoms with Gasteiger partial charge < -0.3 is 15.4 Å². The van der Waals surface area contributed by atoms with Crippen LogP contribution in [0.25, 0.3) is 0 Å². The van der Waals surface area contributed by atoms with E-state index < -0.39 is 0 Å². The summed E-state index contributed by atoms with van der Waals surface area (Å²) in [5.41, 5.74) is 0.608. The summed E-state index contributed by atoms with van der Waals surface area (Å²) in [5.74, 6) is 1.68. The molecular formula is C25H32N2O3S. The van der Waals surface area contributed by atoms with E-state index in [4.69, 9.17) is 4.74 Å². The smallest absolute Gasteiger partial charge is 0.252 e. The van der Waals surface area contributed by atoms with Gasteiger partial charge in [0.2, 0.25) is 5.91 Å². The molecule has 2 N–H and O–H groups in total. The number of amides is 2. The Kier molecular flexibility index (Phi) is 9.77. The van der Waals surface area contributed by atoms with Crippen LogP contribution in [-0.2, 0) is 4.79 Å². The van der Waals surface area contributed by atoms with Crippen molar-refractivity contribution < 1.29 is 14.3 Å². The van der Waals surface area contributed by atoms with Crippen LogP contribution < -0.4 is 15.4 Å². The largest absolute Gasteiger partial charge is 0.494 e. The maximum atomic E-state index is 12.6. The number of para-hydroxylation sites is 1. The molecule has 0 atom stereocenters. The Hall–Kier alpha value is -2.47. The lowest BCUT2D eigenvalue weighted by Crippen LogP contribution is -2.31. The summed E-state index contributed by atoms with van der Waals surface area (Å²) < 4.78 is 5.65. The fourth-order valence-corrected chi connectivity index (χ4v) is 4.58. The first-order valence-corrected chi connectivity index (χ1v) is 12.2. The van der Waals surface area contributed by atoms with Crippen LogP contribution >= 0.6 is 11.8 Å². The molecule has 1 saturated carbocycles. The minimum atomic E-state index is -0.120. The molecule has 5 nitrogen and oxygen atoms in total. The molecule has 0 bridgehead atoms. The quantitative estimate of drug-likeness (QED) is 0.393. The fourth-order valence-electron chi connectivity index (χ4n) is 3.70. The second-order valence-electron chi connectivity index (χ2n) is 7.86. The molecule has 1 aliphatic carbocycles. The van der Waals surface area contributed by atoms with Crippen LogP contribution in [-0.4, -0.2) is 37.3 Å². The number of rotatable bonds is 11. The zero-order valence-electron chi connectivity index (χ0n) is 18.0. The molecule has 31 heavy (non-hydrogen) atoms. The Morgan fingerprint density at radius 1 is 0.935 bits per heavy atom. The molecule has 0 radical (unpaired) electrons. The summed E-state index contributed by atoms with van der Waals surface area (Å²) in [7, 11) is 0. The molecule has 0 heterocycles. The predicted octanol–water partition coefficient (Wildman–Crippen LogP) is 4.67. The van der Waals surface area contributed by atoms with E-state index in [1.54, 1.807) is 6.07 Å². The van der Waals surface area contributed by atoms with Crippen LogP contribution in [0.1, 0.15) is 48.9 Å². The normalized spacial score (nSPS) is 14.1. The van der Waals surface area contributed by atoms with Gasteiger partial charge in [-0.15, -0.1) is 11.8 Å². The van der Waals surface area contributed by atoms with Gasteiger partial charge in [0.15, 0.2) is 0 Å². The van der Waals surface area contributed by atoms with Crippen molar-refractivity contribution in [2.24, 2.45) is 5.92 Å². The van der Waals surface area contributed by atoms with Crippen molar-refractivity contribution in [1.82, 2.24) is 10.6 Å². The number of benzene rings is 2. The maximum absolute atomic E-state index is 12.6. The van der Waals surface area contributed by atoms with E-state index in [-0.39, 0.29) is 11.8 Å². The van der Waals surface area contributed by atoms with E-state index in [9.17, 15) is 9.59 Å². The van der Waals surface area contributed by atoms with Gasteiger partial charge in [-0.1, -0.05) is 49.6 Å². The van der Waals surface area contributed by atoms with Crippen molar-refractivity contribution in [3.8, 4) is 5.75 Å². The number of hydrogen-bond acceptors (Lipinski definition) is 4. The summed E-state index contributed by atoms with van der Waals surface area (Å²) in [6.07, 6.45) is 7.02. The van der Waals surface area contributed by atoms with Crippen molar-refractivity contribution >= 4 is 23.6 Å². The lowest BCUT2D eigenvalue weighted by Gasteiger charge is -2.21. The van der Waals surface area contributed by atoms with Crippen molar-refractivity contribution in [2.75, 3.05) is 25.4 Å². The first kappa shape index (κ1) is 23.2. The fraction of sp³-hybridized carbons (Fsp3) is 0.440. The number of carbonyl (C=O) groups is 2. The monoisotopic (exact) mass is 440 g/mol. The van der Waals surface area contributed by atoms with Gasteiger partial charge in [0.05, 0.1) is 17.9 Å². The third-order valence-electron chi connectivity index (χ3n) is 5.42. The molecule has 1 aliphatic rings. The van der Waals surface area contributed by atoms with E-state index in [2.05, 4.69) is 10.6 Å². The minimum Gasteiger partial charge on any atom is -0.494 e.